The minimum atomic E-state index is 1.03. The van der Waals surface area contributed by atoms with Gasteiger partial charge in [-0.05, 0) is 44.2 Å². The van der Waals surface area contributed by atoms with Crippen molar-refractivity contribution in [1.29, 1.82) is 0 Å². The smallest absolute Gasteiger partial charge is 0.00463 e. The summed E-state index contributed by atoms with van der Waals surface area (Å²) < 4.78 is 0. The van der Waals surface area contributed by atoms with E-state index in [4.69, 9.17) is 0 Å². The van der Waals surface area contributed by atoms with Gasteiger partial charge in [-0.25, -0.2) is 0 Å². The second kappa shape index (κ2) is 10.8. The van der Waals surface area contributed by atoms with Crippen molar-refractivity contribution in [2.24, 2.45) is 11.8 Å². The summed E-state index contributed by atoms with van der Waals surface area (Å²) >= 11 is 0. The van der Waals surface area contributed by atoms with Crippen molar-refractivity contribution >= 4 is 0 Å². The molecule has 0 bridgehead atoms. The van der Waals surface area contributed by atoms with Gasteiger partial charge in [0.2, 0.25) is 0 Å². The summed E-state index contributed by atoms with van der Waals surface area (Å²) in [7, 11) is 0. The van der Waals surface area contributed by atoms with Crippen molar-refractivity contribution in [3.8, 4) is 0 Å². The van der Waals surface area contributed by atoms with Gasteiger partial charge < -0.3 is 5.32 Å². The van der Waals surface area contributed by atoms with Crippen LogP contribution in [0.25, 0.3) is 0 Å². The highest BCUT2D eigenvalue weighted by Gasteiger charge is 2.18. The Morgan fingerprint density at radius 1 is 0.889 bits per heavy atom. The lowest BCUT2D eigenvalue weighted by Crippen LogP contribution is -2.28. The van der Waals surface area contributed by atoms with E-state index >= 15 is 0 Å². The molecule has 1 atom stereocenters. The quantitative estimate of drug-likeness (QED) is 0.531. The first kappa shape index (κ1) is 16.0. The molecule has 1 nitrogen and oxygen atoms in total. The molecule has 0 saturated carbocycles. The summed E-state index contributed by atoms with van der Waals surface area (Å²) in [6.45, 7) is 7.17. The third-order valence-corrected chi connectivity index (χ3v) is 4.56. The Hall–Kier alpha value is -0.0400. The largest absolute Gasteiger partial charge is 0.317 e. The van der Waals surface area contributed by atoms with E-state index in [1.54, 1.807) is 0 Å². The molecule has 18 heavy (non-hydrogen) atoms. The molecule has 0 aliphatic carbocycles. The van der Waals surface area contributed by atoms with Gasteiger partial charge in [-0.2, -0.15) is 0 Å². The van der Waals surface area contributed by atoms with Gasteiger partial charge in [0.1, 0.15) is 0 Å². The number of hydrogen-bond acceptors (Lipinski definition) is 1. The van der Waals surface area contributed by atoms with Crippen LogP contribution in [0.2, 0.25) is 0 Å². The first-order chi connectivity index (χ1) is 8.86. The fraction of sp³-hybridized carbons (Fsp3) is 1.00. The Bertz CT molecular complexity index is 172. The molecular weight excluding hydrogens is 218 g/mol. The average molecular weight is 253 g/mol. The molecule has 0 aromatic heterocycles. The highest BCUT2D eigenvalue weighted by atomic mass is 14.9. The van der Waals surface area contributed by atoms with Gasteiger partial charge in [0.25, 0.3) is 0 Å². The van der Waals surface area contributed by atoms with Gasteiger partial charge in [-0.15, -0.1) is 0 Å². The minimum absolute atomic E-state index is 1.03. The second-order valence-electron chi connectivity index (χ2n) is 6.29. The molecule has 1 unspecified atom stereocenters. The van der Waals surface area contributed by atoms with Crippen LogP contribution in [0, 0.1) is 11.8 Å². The van der Waals surface area contributed by atoms with Crippen molar-refractivity contribution in [2.45, 2.75) is 84.5 Å². The lowest BCUT2D eigenvalue weighted by molar-refractivity contribution is 0.271. The molecule has 1 rings (SSSR count). The minimum Gasteiger partial charge on any atom is -0.317 e. The Morgan fingerprint density at radius 2 is 1.56 bits per heavy atom. The van der Waals surface area contributed by atoms with Crippen LogP contribution < -0.4 is 5.32 Å². The van der Waals surface area contributed by atoms with Gasteiger partial charge in [-0.3, -0.25) is 0 Å². The summed E-state index contributed by atoms with van der Waals surface area (Å²) in [4.78, 5) is 0. The van der Waals surface area contributed by atoms with Crippen LogP contribution in [0.15, 0.2) is 0 Å². The molecule has 0 radical (unpaired) electrons. The van der Waals surface area contributed by atoms with Gasteiger partial charge in [-0.1, -0.05) is 65.2 Å². The maximum atomic E-state index is 3.49. The van der Waals surface area contributed by atoms with Crippen molar-refractivity contribution in [1.82, 2.24) is 5.32 Å². The van der Waals surface area contributed by atoms with Crippen LogP contribution in [0.3, 0.4) is 0 Å². The van der Waals surface area contributed by atoms with Gasteiger partial charge >= 0.3 is 0 Å². The topological polar surface area (TPSA) is 12.0 Å². The summed E-state index contributed by atoms with van der Waals surface area (Å²) in [6, 6.07) is 0. The van der Waals surface area contributed by atoms with E-state index in [2.05, 4.69) is 19.2 Å². The first-order valence-electron chi connectivity index (χ1n) is 8.57. The van der Waals surface area contributed by atoms with E-state index < -0.39 is 0 Å². The molecule has 108 valence electrons. The molecule has 1 aliphatic rings. The molecule has 1 saturated heterocycles. The molecule has 0 aromatic carbocycles. The molecule has 0 aromatic rings. The van der Waals surface area contributed by atoms with Crippen LogP contribution >= 0.6 is 0 Å². The number of rotatable bonds is 10. The average Bonchev–Trinajstić information content (AvgIpc) is 2.41. The molecule has 0 amide bonds. The molecule has 0 spiro atoms. The Morgan fingerprint density at radius 3 is 2.22 bits per heavy atom. The number of nitrogens with one attached hydrogen (secondary N) is 1. The van der Waals surface area contributed by atoms with Gasteiger partial charge in [0.05, 0.1) is 0 Å². The monoisotopic (exact) mass is 253 g/mol. The maximum Gasteiger partial charge on any atom is -0.00463 e. The second-order valence-corrected chi connectivity index (χ2v) is 6.29. The fourth-order valence-electron chi connectivity index (χ4n) is 3.32. The molecule has 1 heteroatoms. The van der Waals surface area contributed by atoms with Crippen LogP contribution in [-0.2, 0) is 0 Å². The lowest BCUT2D eigenvalue weighted by Gasteiger charge is -2.27. The van der Waals surface area contributed by atoms with E-state index in [9.17, 15) is 0 Å². The fourth-order valence-corrected chi connectivity index (χ4v) is 3.32. The summed E-state index contributed by atoms with van der Waals surface area (Å²) in [5, 5.41) is 3.49. The van der Waals surface area contributed by atoms with Crippen LogP contribution in [-0.4, -0.2) is 13.1 Å². The normalized spacial score (nSPS) is 19.0. The van der Waals surface area contributed by atoms with E-state index in [1.165, 1.54) is 83.7 Å². The van der Waals surface area contributed by atoms with Gasteiger partial charge in [0, 0.05) is 0 Å². The van der Waals surface area contributed by atoms with Crippen molar-refractivity contribution < 1.29 is 0 Å². The number of hydrogen-bond donors (Lipinski definition) is 1. The zero-order valence-electron chi connectivity index (χ0n) is 12.8. The molecular formula is C17H35N. The van der Waals surface area contributed by atoms with Crippen LogP contribution in [0.1, 0.15) is 84.5 Å². The Labute approximate surface area is 115 Å². The predicted molar refractivity (Wildman–Crippen MR) is 82.0 cm³/mol. The zero-order valence-corrected chi connectivity index (χ0v) is 12.8. The molecule has 1 fully saturated rings. The summed E-state index contributed by atoms with van der Waals surface area (Å²) in [6.07, 6.45) is 15.9. The third-order valence-electron chi connectivity index (χ3n) is 4.56. The highest BCUT2D eigenvalue weighted by Crippen LogP contribution is 2.28. The van der Waals surface area contributed by atoms with Crippen LogP contribution in [0.4, 0.5) is 0 Å². The maximum absolute atomic E-state index is 3.49. The number of piperidine rings is 1. The zero-order chi connectivity index (χ0) is 13.1. The standard InChI is InChI=1S/C17H35N/c1-3-5-7-8-10-16(9-6-4-2)15-17-11-13-18-14-12-17/h16-18H,3-15H2,1-2H3. The molecule has 1 N–H and O–H groups in total. The van der Waals surface area contributed by atoms with E-state index in [0.29, 0.717) is 0 Å². The van der Waals surface area contributed by atoms with E-state index in [0.717, 1.165) is 11.8 Å². The molecule has 1 aliphatic heterocycles. The lowest BCUT2D eigenvalue weighted by atomic mass is 9.83. The Kier molecular flexibility index (Phi) is 9.65. The Balaban J connectivity index is 2.20. The first-order valence-corrected chi connectivity index (χ1v) is 8.57. The van der Waals surface area contributed by atoms with Crippen LogP contribution in [0.5, 0.6) is 0 Å². The SMILES string of the molecule is CCCCCCC(CCCC)CC1CCNCC1. The third kappa shape index (κ3) is 7.41. The highest BCUT2D eigenvalue weighted by molar-refractivity contribution is 4.72. The van der Waals surface area contributed by atoms with Crippen molar-refractivity contribution in [3.05, 3.63) is 0 Å². The van der Waals surface area contributed by atoms with E-state index in [1.807, 2.05) is 0 Å². The summed E-state index contributed by atoms with van der Waals surface area (Å²) in [5.41, 5.74) is 0. The van der Waals surface area contributed by atoms with Gasteiger partial charge in [0.15, 0.2) is 0 Å². The number of unbranched alkanes of at least 4 members (excludes halogenated alkanes) is 4. The predicted octanol–water partition coefficient (Wildman–Crippen LogP) is 5.15. The van der Waals surface area contributed by atoms with Crippen molar-refractivity contribution in [2.75, 3.05) is 13.1 Å². The van der Waals surface area contributed by atoms with E-state index in [-0.39, 0.29) is 0 Å². The van der Waals surface area contributed by atoms with Crippen molar-refractivity contribution in [3.63, 3.8) is 0 Å². The molecule has 1 heterocycles. The summed E-state index contributed by atoms with van der Waals surface area (Å²) in [5.74, 6) is 2.06.